The summed E-state index contributed by atoms with van der Waals surface area (Å²) in [6, 6.07) is 7.73. The Labute approximate surface area is 106 Å². The van der Waals surface area contributed by atoms with Crippen LogP contribution in [0.2, 0.25) is 9.49 Å². The van der Waals surface area contributed by atoms with Gasteiger partial charge >= 0.3 is 0 Å². The van der Waals surface area contributed by atoms with Gasteiger partial charge in [0.25, 0.3) is 0 Å². The lowest BCUT2D eigenvalue weighted by molar-refractivity contribution is 1.36. The third-order valence-electron chi connectivity index (χ3n) is 2.36. The molecule has 0 aliphatic carbocycles. The van der Waals surface area contributed by atoms with E-state index in [9.17, 15) is 0 Å². The zero-order chi connectivity index (χ0) is 11.1. The van der Waals surface area contributed by atoms with E-state index in [1.807, 2.05) is 30.5 Å². The van der Waals surface area contributed by atoms with Crippen molar-refractivity contribution in [1.29, 1.82) is 0 Å². The molecule has 1 N–H and O–H groups in total. The molecular weight excluding hydrogens is 263 g/mol. The Balaban J connectivity index is 2.30. The van der Waals surface area contributed by atoms with Crippen LogP contribution >= 0.6 is 34.5 Å². The van der Waals surface area contributed by atoms with E-state index in [0.717, 1.165) is 26.5 Å². The highest BCUT2D eigenvalue weighted by Gasteiger charge is 2.12. The Kier molecular flexibility index (Phi) is 2.39. The molecule has 0 aliphatic heterocycles. The fraction of sp³-hybridized carbons (Fsp3) is 0. The van der Waals surface area contributed by atoms with Gasteiger partial charge in [0.05, 0.1) is 4.70 Å². The first-order chi connectivity index (χ1) is 7.75. The standard InChI is InChI=1S/C11H6Cl2N2S/c12-8-4-2-1-3-6(8)7-5-14-10-9(7)16-11(13)15-10/h1-5,14H. The van der Waals surface area contributed by atoms with Gasteiger partial charge < -0.3 is 4.98 Å². The molecule has 0 saturated carbocycles. The number of hydrogen-bond acceptors (Lipinski definition) is 2. The van der Waals surface area contributed by atoms with Crippen molar-refractivity contribution >= 4 is 44.9 Å². The van der Waals surface area contributed by atoms with Crippen LogP contribution in [0.4, 0.5) is 0 Å². The van der Waals surface area contributed by atoms with Gasteiger partial charge in [-0.25, -0.2) is 4.98 Å². The molecule has 3 rings (SSSR count). The van der Waals surface area contributed by atoms with Gasteiger partial charge in [0.15, 0.2) is 10.1 Å². The second-order valence-electron chi connectivity index (χ2n) is 3.33. The second-order valence-corrected chi connectivity index (χ2v) is 5.32. The zero-order valence-electron chi connectivity index (χ0n) is 8.00. The van der Waals surface area contributed by atoms with Crippen LogP contribution in [0.15, 0.2) is 30.5 Å². The summed E-state index contributed by atoms with van der Waals surface area (Å²) < 4.78 is 1.58. The summed E-state index contributed by atoms with van der Waals surface area (Å²) in [5.41, 5.74) is 2.85. The summed E-state index contributed by atoms with van der Waals surface area (Å²) in [6.45, 7) is 0. The maximum Gasteiger partial charge on any atom is 0.186 e. The number of nitrogens with one attached hydrogen (secondary N) is 1. The van der Waals surface area contributed by atoms with Crippen molar-refractivity contribution < 1.29 is 0 Å². The first-order valence-electron chi connectivity index (χ1n) is 4.64. The molecule has 80 valence electrons. The number of aromatic nitrogens is 2. The third-order valence-corrected chi connectivity index (χ3v) is 3.89. The minimum atomic E-state index is 0.537. The Morgan fingerprint density at radius 3 is 2.75 bits per heavy atom. The summed E-state index contributed by atoms with van der Waals surface area (Å²) in [5.74, 6) is 0. The lowest BCUT2D eigenvalue weighted by Gasteiger charge is -2.00. The summed E-state index contributed by atoms with van der Waals surface area (Å²) in [7, 11) is 0. The fourth-order valence-corrected chi connectivity index (χ4v) is 3.00. The molecule has 0 aliphatic rings. The number of hydrogen-bond donors (Lipinski definition) is 1. The molecule has 16 heavy (non-hydrogen) atoms. The van der Waals surface area contributed by atoms with Crippen LogP contribution in [0.5, 0.6) is 0 Å². The van der Waals surface area contributed by atoms with Crippen molar-refractivity contribution in [2.75, 3.05) is 0 Å². The maximum absolute atomic E-state index is 6.16. The molecule has 0 amide bonds. The van der Waals surface area contributed by atoms with Gasteiger partial charge in [-0.3, -0.25) is 0 Å². The van der Waals surface area contributed by atoms with Gasteiger partial charge in [-0.15, -0.1) is 11.3 Å². The molecule has 2 nitrogen and oxygen atoms in total. The number of benzene rings is 1. The van der Waals surface area contributed by atoms with E-state index >= 15 is 0 Å². The minimum absolute atomic E-state index is 0.537. The molecule has 0 spiro atoms. The van der Waals surface area contributed by atoms with E-state index in [4.69, 9.17) is 23.2 Å². The van der Waals surface area contributed by atoms with Crippen molar-refractivity contribution in [1.82, 2.24) is 9.97 Å². The molecule has 0 fully saturated rings. The highest BCUT2D eigenvalue weighted by molar-refractivity contribution is 7.22. The van der Waals surface area contributed by atoms with Crippen LogP contribution in [0, 0.1) is 0 Å². The van der Waals surface area contributed by atoms with Gasteiger partial charge in [0.1, 0.15) is 0 Å². The number of thiazole rings is 1. The van der Waals surface area contributed by atoms with Crippen molar-refractivity contribution in [3.05, 3.63) is 40.0 Å². The van der Waals surface area contributed by atoms with Gasteiger partial charge in [-0.2, -0.15) is 0 Å². The summed E-state index contributed by atoms with van der Waals surface area (Å²) in [6.07, 6.45) is 1.91. The average molecular weight is 269 g/mol. The first kappa shape index (κ1) is 10.1. The van der Waals surface area contributed by atoms with Crippen LogP contribution in [0.3, 0.4) is 0 Å². The average Bonchev–Trinajstić information content (AvgIpc) is 2.78. The highest BCUT2D eigenvalue weighted by atomic mass is 35.5. The number of rotatable bonds is 1. The largest absolute Gasteiger partial charge is 0.345 e. The molecule has 5 heteroatoms. The van der Waals surface area contributed by atoms with E-state index in [2.05, 4.69) is 9.97 Å². The quantitative estimate of drug-likeness (QED) is 0.687. The number of halogens is 2. The number of nitrogens with zero attached hydrogens (tertiary/aromatic N) is 1. The molecule has 1 aromatic carbocycles. The second kappa shape index (κ2) is 3.77. The van der Waals surface area contributed by atoms with E-state index in [0.29, 0.717) is 4.47 Å². The van der Waals surface area contributed by atoms with Gasteiger partial charge in [-0.05, 0) is 6.07 Å². The maximum atomic E-state index is 6.16. The number of H-pyrrole nitrogens is 1. The third kappa shape index (κ3) is 1.52. The Morgan fingerprint density at radius 2 is 1.94 bits per heavy atom. The van der Waals surface area contributed by atoms with Crippen LogP contribution in [0.1, 0.15) is 0 Å². The minimum Gasteiger partial charge on any atom is -0.345 e. The van der Waals surface area contributed by atoms with E-state index < -0.39 is 0 Å². The van der Waals surface area contributed by atoms with Crippen LogP contribution in [-0.4, -0.2) is 9.97 Å². The molecule has 2 aromatic heterocycles. The smallest absolute Gasteiger partial charge is 0.186 e. The van der Waals surface area contributed by atoms with Crippen molar-refractivity contribution in [3.63, 3.8) is 0 Å². The molecular formula is C11H6Cl2N2S. The normalized spacial score (nSPS) is 11.1. The Bertz CT molecular complexity index is 657. The molecule has 0 unspecified atom stereocenters. The number of aromatic amines is 1. The SMILES string of the molecule is Clc1nc2[nH]cc(-c3ccccc3Cl)c2s1. The van der Waals surface area contributed by atoms with Crippen LogP contribution < -0.4 is 0 Å². The van der Waals surface area contributed by atoms with Crippen LogP contribution in [0.25, 0.3) is 21.5 Å². The zero-order valence-corrected chi connectivity index (χ0v) is 10.3. The number of fused-ring (bicyclic) bond motifs is 1. The highest BCUT2D eigenvalue weighted by Crippen LogP contribution is 2.37. The molecule has 0 atom stereocenters. The van der Waals surface area contributed by atoms with Gasteiger partial charge in [0.2, 0.25) is 0 Å². The van der Waals surface area contributed by atoms with E-state index in [1.165, 1.54) is 11.3 Å². The summed E-state index contributed by atoms with van der Waals surface area (Å²) >= 11 is 13.5. The monoisotopic (exact) mass is 268 g/mol. The molecule has 0 bridgehead atoms. The van der Waals surface area contributed by atoms with Crippen molar-refractivity contribution in [3.8, 4) is 11.1 Å². The molecule has 2 heterocycles. The van der Waals surface area contributed by atoms with Gasteiger partial charge in [-0.1, -0.05) is 41.4 Å². The van der Waals surface area contributed by atoms with Crippen molar-refractivity contribution in [2.24, 2.45) is 0 Å². The lowest BCUT2D eigenvalue weighted by atomic mass is 10.1. The predicted molar refractivity (Wildman–Crippen MR) is 69.4 cm³/mol. The molecule has 0 radical (unpaired) electrons. The summed E-state index contributed by atoms with van der Waals surface area (Å²) in [4.78, 5) is 7.27. The van der Waals surface area contributed by atoms with Gasteiger partial charge in [0, 0.05) is 22.3 Å². The van der Waals surface area contributed by atoms with E-state index in [-0.39, 0.29) is 0 Å². The topological polar surface area (TPSA) is 28.7 Å². The lowest BCUT2D eigenvalue weighted by Crippen LogP contribution is -1.74. The van der Waals surface area contributed by atoms with Crippen molar-refractivity contribution in [2.45, 2.75) is 0 Å². The predicted octanol–water partition coefficient (Wildman–Crippen LogP) is 4.60. The first-order valence-corrected chi connectivity index (χ1v) is 6.21. The Morgan fingerprint density at radius 1 is 1.12 bits per heavy atom. The van der Waals surface area contributed by atoms with Crippen LogP contribution in [-0.2, 0) is 0 Å². The summed E-state index contributed by atoms with van der Waals surface area (Å²) in [5, 5.41) is 0.730. The molecule has 3 aromatic rings. The van der Waals surface area contributed by atoms with E-state index in [1.54, 1.807) is 0 Å². The fourth-order valence-electron chi connectivity index (χ4n) is 1.66. The Hall–Kier alpha value is -1.03. The molecule has 0 saturated heterocycles.